The van der Waals surface area contributed by atoms with Gasteiger partial charge >= 0.3 is 0 Å². The van der Waals surface area contributed by atoms with E-state index in [0.717, 1.165) is 16.8 Å². The second-order valence-corrected chi connectivity index (χ2v) is 6.37. The molecule has 0 radical (unpaired) electrons. The van der Waals surface area contributed by atoms with Crippen molar-refractivity contribution >= 4 is 28.9 Å². The van der Waals surface area contributed by atoms with Gasteiger partial charge in [-0.05, 0) is 55.7 Å². The third kappa shape index (κ3) is 3.12. The van der Waals surface area contributed by atoms with Crippen LogP contribution >= 0.6 is 11.6 Å². The summed E-state index contributed by atoms with van der Waals surface area (Å²) in [6, 6.07) is 7.73. The van der Waals surface area contributed by atoms with Gasteiger partial charge in [0.15, 0.2) is 0 Å². The Morgan fingerprint density at radius 1 is 1.35 bits per heavy atom. The first-order chi connectivity index (χ1) is 12.5. The number of hydrogen-bond acceptors (Lipinski definition) is 4. The van der Waals surface area contributed by atoms with Crippen molar-refractivity contribution in [3.05, 3.63) is 69.0 Å². The molecule has 0 saturated carbocycles. The van der Waals surface area contributed by atoms with Crippen molar-refractivity contribution < 1.29 is 4.79 Å². The molecule has 2 heterocycles. The normalized spacial score (nSPS) is 12.7. The molecule has 1 aromatic heterocycles. The van der Waals surface area contributed by atoms with Crippen molar-refractivity contribution in [1.29, 1.82) is 5.26 Å². The summed E-state index contributed by atoms with van der Waals surface area (Å²) >= 11 is 6.05. The number of fused-ring (bicyclic) bond motifs is 1. The molecule has 2 aromatic rings. The van der Waals surface area contributed by atoms with Crippen LogP contribution in [0.2, 0.25) is 5.15 Å². The van der Waals surface area contributed by atoms with Gasteiger partial charge in [-0.25, -0.2) is 4.98 Å². The van der Waals surface area contributed by atoms with Gasteiger partial charge in [-0.2, -0.15) is 5.26 Å². The summed E-state index contributed by atoms with van der Waals surface area (Å²) in [5.74, 6) is -0.362. The molecule has 1 N–H and O–H groups in total. The highest BCUT2D eigenvalue weighted by Crippen LogP contribution is 2.26. The molecule has 0 aliphatic carbocycles. The number of anilines is 1. The van der Waals surface area contributed by atoms with Crippen LogP contribution in [0.4, 0.5) is 5.69 Å². The summed E-state index contributed by atoms with van der Waals surface area (Å²) < 4.78 is 0. The van der Waals surface area contributed by atoms with Crippen molar-refractivity contribution in [1.82, 2.24) is 4.98 Å². The fourth-order valence-corrected chi connectivity index (χ4v) is 3.15. The molecule has 0 fully saturated rings. The molecular weight excluding hydrogens is 348 g/mol. The van der Waals surface area contributed by atoms with Gasteiger partial charge in [-0.1, -0.05) is 23.7 Å². The molecule has 1 aliphatic heterocycles. The predicted molar refractivity (Wildman–Crippen MR) is 103 cm³/mol. The smallest absolute Gasteiger partial charge is 0.274 e. The quantitative estimate of drug-likeness (QED) is 0.822. The van der Waals surface area contributed by atoms with Crippen LogP contribution in [-0.2, 0) is 6.54 Å². The van der Waals surface area contributed by atoms with Crippen LogP contribution in [-0.4, -0.2) is 16.6 Å². The average molecular weight is 365 g/mol. The molecule has 1 aliphatic rings. The van der Waals surface area contributed by atoms with E-state index < -0.39 is 0 Å². The minimum absolute atomic E-state index is 0.0391. The molecule has 3 rings (SSSR count). The summed E-state index contributed by atoms with van der Waals surface area (Å²) in [4.78, 5) is 21.3. The molecule has 1 amide bonds. The lowest BCUT2D eigenvalue weighted by Gasteiger charge is -2.12. The zero-order chi connectivity index (χ0) is 18.8. The maximum atomic E-state index is 12.7. The Labute approximate surface area is 157 Å². The van der Waals surface area contributed by atoms with E-state index in [1.807, 2.05) is 43.3 Å². The average Bonchev–Trinajstić information content (AvgIpc) is 3.01. The van der Waals surface area contributed by atoms with Gasteiger partial charge in [0.25, 0.3) is 5.91 Å². The number of halogens is 1. The topological polar surface area (TPSA) is 78.1 Å². The summed E-state index contributed by atoms with van der Waals surface area (Å²) in [6.45, 7) is 6.10. The van der Waals surface area contributed by atoms with Crippen molar-refractivity contribution in [3.63, 3.8) is 0 Å². The number of nitrogens with one attached hydrogen (secondary N) is 1. The van der Waals surface area contributed by atoms with Crippen LogP contribution in [0, 0.1) is 25.2 Å². The highest BCUT2D eigenvalue weighted by Gasteiger charge is 2.19. The second kappa shape index (κ2) is 7.11. The Bertz CT molecular complexity index is 1020. The second-order valence-electron chi connectivity index (χ2n) is 6.02. The molecule has 0 bridgehead atoms. The lowest BCUT2D eigenvalue weighted by molar-refractivity contribution is 0.102. The summed E-state index contributed by atoms with van der Waals surface area (Å²) in [5, 5.41) is 12.1. The largest absolute Gasteiger partial charge is 0.321 e. The van der Waals surface area contributed by atoms with Gasteiger partial charge in [0, 0.05) is 11.3 Å². The third-order valence-electron chi connectivity index (χ3n) is 4.42. The van der Waals surface area contributed by atoms with Crippen LogP contribution in [0.5, 0.6) is 0 Å². The number of nitrogens with zero attached hydrogens (tertiary/aromatic N) is 3. The molecular formula is C20H17ClN4O. The Kier molecular flexibility index (Phi) is 4.88. The monoisotopic (exact) mass is 364 g/mol. The van der Waals surface area contributed by atoms with E-state index in [0.29, 0.717) is 28.9 Å². The Hall–Kier alpha value is -2.97. The molecule has 130 valence electrons. The number of aromatic nitrogens is 1. The zero-order valence-electron chi connectivity index (χ0n) is 14.7. The van der Waals surface area contributed by atoms with Crippen molar-refractivity contribution in [2.75, 3.05) is 5.32 Å². The van der Waals surface area contributed by atoms with E-state index in [9.17, 15) is 4.79 Å². The number of rotatable bonds is 3. The number of pyridine rings is 1. The lowest BCUT2D eigenvalue weighted by Crippen LogP contribution is -2.17. The van der Waals surface area contributed by atoms with E-state index in [1.165, 1.54) is 0 Å². The number of aliphatic imine (C=N–C) groups is 1. The fourth-order valence-electron chi connectivity index (χ4n) is 2.89. The summed E-state index contributed by atoms with van der Waals surface area (Å²) in [5.41, 5.74) is 5.52. The number of hydrogen-bond donors (Lipinski definition) is 1. The Morgan fingerprint density at radius 2 is 2.12 bits per heavy atom. The summed E-state index contributed by atoms with van der Waals surface area (Å²) in [6.07, 6.45) is 3.89. The Morgan fingerprint density at radius 3 is 2.81 bits per heavy atom. The SMILES string of the molecule is C/C=C/C1=NCc2ccc(NC(=O)c3nc(Cl)c(C#N)c(C)c3C)cc21. The maximum Gasteiger partial charge on any atom is 0.274 e. The van der Waals surface area contributed by atoms with Gasteiger partial charge in [0.1, 0.15) is 16.9 Å². The molecule has 1 aromatic carbocycles. The van der Waals surface area contributed by atoms with Crippen LogP contribution in [0.15, 0.2) is 35.3 Å². The minimum atomic E-state index is -0.362. The fraction of sp³-hybridized carbons (Fsp3) is 0.200. The first kappa shape index (κ1) is 17.8. The molecule has 5 nitrogen and oxygen atoms in total. The van der Waals surface area contributed by atoms with E-state index in [-0.39, 0.29) is 16.8 Å². The number of carbonyl (C=O) groups excluding carboxylic acids is 1. The molecule has 0 saturated heterocycles. The van der Waals surface area contributed by atoms with E-state index >= 15 is 0 Å². The van der Waals surface area contributed by atoms with Gasteiger partial charge in [-0.15, -0.1) is 0 Å². The van der Waals surface area contributed by atoms with Gasteiger partial charge < -0.3 is 5.32 Å². The van der Waals surface area contributed by atoms with Crippen molar-refractivity contribution in [2.45, 2.75) is 27.3 Å². The number of amides is 1. The molecule has 6 heteroatoms. The molecule has 0 spiro atoms. The van der Waals surface area contributed by atoms with Gasteiger partial charge in [0.05, 0.1) is 17.8 Å². The van der Waals surface area contributed by atoms with Crippen LogP contribution in [0.1, 0.15) is 45.2 Å². The number of allylic oxidation sites excluding steroid dienone is 2. The first-order valence-corrected chi connectivity index (χ1v) is 8.52. The van der Waals surface area contributed by atoms with Crippen LogP contribution < -0.4 is 5.32 Å². The lowest BCUT2D eigenvalue weighted by atomic mass is 10.0. The first-order valence-electron chi connectivity index (χ1n) is 8.14. The van der Waals surface area contributed by atoms with Gasteiger partial charge in [0.2, 0.25) is 0 Å². The third-order valence-corrected chi connectivity index (χ3v) is 4.70. The summed E-state index contributed by atoms with van der Waals surface area (Å²) in [7, 11) is 0. The molecule has 0 unspecified atom stereocenters. The number of carbonyl (C=O) groups is 1. The van der Waals surface area contributed by atoms with Gasteiger partial charge in [-0.3, -0.25) is 9.79 Å². The highest BCUT2D eigenvalue weighted by atomic mass is 35.5. The maximum absolute atomic E-state index is 12.7. The zero-order valence-corrected chi connectivity index (χ0v) is 15.5. The van der Waals surface area contributed by atoms with E-state index in [1.54, 1.807) is 13.8 Å². The van der Waals surface area contributed by atoms with Crippen molar-refractivity contribution in [2.24, 2.45) is 4.99 Å². The molecule has 26 heavy (non-hydrogen) atoms. The van der Waals surface area contributed by atoms with Crippen LogP contribution in [0.25, 0.3) is 0 Å². The standard InChI is InChI=1S/C20H17ClN4O/c1-4-5-17-15-8-14(7-6-13(15)10-23-17)24-20(26)18-12(3)11(2)16(9-22)19(21)25-18/h4-8H,10H2,1-3H3,(H,24,26)/b5-4+. The van der Waals surface area contributed by atoms with Crippen molar-refractivity contribution in [3.8, 4) is 6.07 Å². The minimum Gasteiger partial charge on any atom is -0.321 e. The highest BCUT2D eigenvalue weighted by molar-refractivity contribution is 6.31. The Balaban J connectivity index is 1.92. The van der Waals surface area contributed by atoms with Crippen LogP contribution in [0.3, 0.4) is 0 Å². The van der Waals surface area contributed by atoms with E-state index in [4.69, 9.17) is 16.9 Å². The number of nitriles is 1. The number of benzene rings is 1. The van der Waals surface area contributed by atoms with E-state index in [2.05, 4.69) is 15.3 Å². The molecule has 0 atom stereocenters. The predicted octanol–water partition coefficient (Wildman–Crippen LogP) is 4.35.